The fraction of sp³-hybridized carbons (Fsp3) is 0.0526. The van der Waals surface area contributed by atoms with Gasteiger partial charge in [-0.05, 0) is 34.9 Å². The first-order chi connectivity index (χ1) is 10.3. The van der Waals surface area contributed by atoms with Crippen LogP contribution in [0.4, 0.5) is 4.39 Å². The third-order valence-electron chi connectivity index (χ3n) is 3.46. The molecule has 3 aromatic carbocycles. The van der Waals surface area contributed by atoms with Gasteiger partial charge in [-0.15, -0.1) is 0 Å². The van der Waals surface area contributed by atoms with E-state index in [1.54, 1.807) is 13.2 Å². The third kappa shape index (κ3) is 2.79. The van der Waals surface area contributed by atoms with Crippen LogP contribution in [0.5, 0.6) is 5.75 Å². The molecule has 0 fully saturated rings. The Hall–Kier alpha value is -2.61. The van der Waals surface area contributed by atoms with Crippen molar-refractivity contribution in [1.29, 1.82) is 0 Å². The lowest BCUT2D eigenvalue weighted by molar-refractivity contribution is 0.415. The zero-order valence-electron chi connectivity index (χ0n) is 11.7. The van der Waals surface area contributed by atoms with Gasteiger partial charge in [0, 0.05) is 5.56 Å². The molecular weight excluding hydrogens is 263 g/mol. The Bertz CT molecular complexity index is 751. The summed E-state index contributed by atoms with van der Waals surface area (Å²) >= 11 is 0. The van der Waals surface area contributed by atoms with E-state index in [-0.39, 0.29) is 5.82 Å². The molecule has 0 saturated heterocycles. The Morgan fingerprint density at radius 1 is 0.714 bits per heavy atom. The molecule has 3 aromatic rings. The molecule has 104 valence electrons. The molecule has 0 aliphatic rings. The fourth-order valence-corrected chi connectivity index (χ4v) is 2.35. The van der Waals surface area contributed by atoms with Crippen molar-refractivity contribution in [3.8, 4) is 28.0 Å². The van der Waals surface area contributed by atoms with Crippen molar-refractivity contribution in [3.05, 3.63) is 78.6 Å². The average molecular weight is 278 g/mol. The molecule has 0 radical (unpaired) electrons. The lowest BCUT2D eigenvalue weighted by Crippen LogP contribution is -1.87. The zero-order chi connectivity index (χ0) is 14.7. The third-order valence-corrected chi connectivity index (χ3v) is 3.46. The fourth-order valence-electron chi connectivity index (χ4n) is 2.35. The van der Waals surface area contributed by atoms with Crippen LogP contribution in [0.1, 0.15) is 0 Å². The van der Waals surface area contributed by atoms with Crippen LogP contribution in [0.2, 0.25) is 0 Å². The van der Waals surface area contributed by atoms with E-state index in [1.165, 1.54) is 0 Å². The summed E-state index contributed by atoms with van der Waals surface area (Å²) in [6.45, 7) is 0. The van der Waals surface area contributed by atoms with Crippen molar-refractivity contribution in [1.82, 2.24) is 0 Å². The van der Waals surface area contributed by atoms with Crippen molar-refractivity contribution in [2.45, 2.75) is 0 Å². The van der Waals surface area contributed by atoms with Crippen LogP contribution >= 0.6 is 0 Å². The number of methoxy groups -OCH3 is 1. The summed E-state index contributed by atoms with van der Waals surface area (Å²) in [6, 6.07) is 22.5. The van der Waals surface area contributed by atoms with Crippen LogP contribution < -0.4 is 4.74 Å². The minimum Gasteiger partial charge on any atom is -0.497 e. The molecule has 0 saturated carbocycles. The average Bonchev–Trinajstić information content (AvgIpc) is 2.55. The predicted octanol–water partition coefficient (Wildman–Crippen LogP) is 5.17. The van der Waals surface area contributed by atoms with Crippen molar-refractivity contribution < 1.29 is 9.13 Å². The summed E-state index contributed by atoms with van der Waals surface area (Å²) in [5, 5.41) is 0. The number of halogens is 1. The number of hydrogen-bond donors (Lipinski definition) is 0. The van der Waals surface area contributed by atoms with Gasteiger partial charge in [0.2, 0.25) is 0 Å². The summed E-state index contributed by atoms with van der Waals surface area (Å²) in [5.41, 5.74) is 3.27. The summed E-state index contributed by atoms with van der Waals surface area (Å²) in [5.74, 6) is 0.543. The second-order valence-corrected chi connectivity index (χ2v) is 4.79. The highest BCUT2D eigenvalue weighted by atomic mass is 19.1. The Kier molecular flexibility index (Phi) is 3.69. The smallest absolute Gasteiger partial charge is 0.131 e. The molecule has 0 unspecified atom stereocenters. The molecule has 2 heteroatoms. The van der Waals surface area contributed by atoms with Crippen LogP contribution in [-0.4, -0.2) is 7.11 Å². The second kappa shape index (κ2) is 5.80. The molecule has 0 atom stereocenters. The number of rotatable bonds is 3. The Balaban J connectivity index is 2.01. The van der Waals surface area contributed by atoms with E-state index in [0.29, 0.717) is 5.56 Å². The van der Waals surface area contributed by atoms with E-state index >= 15 is 0 Å². The first kappa shape index (κ1) is 13.4. The molecular formula is C19H15FO. The normalized spacial score (nSPS) is 10.4. The zero-order valence-corrected chi connectivity index (χ0v) is 11.7. The SMILES string of the molecule is COc1cccc(-c2ccc(-c3ccccc3)c(F)c2)c1. The quantitative estimate of drug-likeness (QED) is 0.642. The van der Waals surface area contributed by atoms with Gasteiger partial charge < -0.3 is 4.74 Å². The molecule has 0 heterocycles. The van der Waals surface area contributed by atoms with Gasteiger partial charge in [-0.1, -0.05) is 54.6 Å². The van der Waals surface area contributed by atoms with Crippen LogP contribution in [0, 0.1) is 5.82 Å². The van der Waals surface area contributed by atoms with Gasteiger partial charge in [0.1, 0.15) is 11.6 Å². The van der Waals surface area contributed by atoms with Crippen LogP contribution in [0.3, 0.4) is 0 Å². The number of ether oxygens (including phenoxy) is 1. The predicted molar refractivity (Wildman–Crippen MR) is 83.8 cm³/mol. The molecule has 0 aromatic heterocycles. The van der Waals surface area contributed by atoms with Crippen LogP contribution in [-0.2, 0) is 0 Å². The summed E-state index contributed by atoms with van der Waals surface area (Å²) in [4.78, 5) is 0. The van der Waals surface area contributed by atoms with E-state index < -0.39 is 0 Å². The van der Waals surface area contributed by atoms with Crippen LogP contribution in [0.25, 0.3) is 22.3 Å². The first-order valence-corrected chi connectivity index (χ1v) is 6.77. The summed E-state index contributed by atoms with van der Waals surface area (Å²) < 4.78 is 19.6. The van der Waals surface area contributed by atoms with Gasteiger partial charge in [-0.3, -0.25) is 0 Å². The largest absolute Gasteiger partial charge is 0.497 e. The highest BCUT2D eigenvalue weighted by Crippen LogP contribution is 2.29. The highest BCUT2D eigenvalue weighted by Gasteiger charge is 2.07. The molecule has 21 heavy (non-hydrogen) atoms. The van der Waals surface area contributed by atoms with Gasteiger partial charge in [-0.2, -0.15) is 0 Å². The van der Waals surface area contributed by atoms with E-state index in [9.17, 15) is 4.39 Å². The minimum atomic E-state index is -0.221. The molecule has 0 spiro atoms. The van der Waals surface area contributed by atoms with E-state index in [0.717, 1.165) is 22.4 Å². The Morgan fingerprint density at radius 2 is 1.43 bits per heavy atom. The van der Waals surface area contributed by atoms with Crippen molar-refractivity contribution in [2.75, 3.05) is 7.11 Å². The minimum absolute atomic E-state index is 0.221. The van der Waals surface area contributed by atoms with Crippen molar-refractivity contribution >= 4 is 0 Å². The standard InChI is InChI=1S/C19H15FO/c1-21-17-9-5-8-15(12-17)16-10-11-18(19(20)13-16)14-6-3-2-4-7-14/h2-13H,1H3. The summed E-state index contributed by atoms with van der Waals surface area (Å²) in [7, 11) is 1.62. The van der Waals surface area contributed by atoms with Crippen molar-refractivity contribution in [3.63, 3.8) is 0 Å². The van der Waals surface area contributed by atoms with E-state index in [1.807, 2.05) is 66.7 Å². The number of hydrogen-bond acceptors (Lipinski definition) is 1. The Labute approximate surface area is 123 Å². The number of benzene rings is 3. The first-order valence-electron chi connectivity index (χ1n) is 6.77. The van der Waals surface area contributed by atoms with Crippen LogP contribution in [0.15, 0.2) is 72.8 Å². The maximum atomic E-state index is 14.4. The molecule has 0 aliphatic heterocycles. The maximum Gasteiger partial charge on any atom is 0.131 e. The molecule has 0 bridgehead atoms. The lowest BCUT2D eigenvalue weighted by Gasteiger charge is -2.08. The van der Waals surface area contributed by atoms with Gasteiger partial charge in [0.05, 0.1) is 7.11 Å². The van der Waals surface area contributed by atoms with E-state index in [2.05, 4.69) is 0 Å². The molecule has 0 amide bonds. The molecule has 0 N–H and O–H groups in total. The second-order valence-electron chi connectivity index (χ2n) is 4.79. The van der Waals surface area contributed by atoms with Gasteiger partial charge in [0.25, 0.3) is 0 Å². The maximum absolute atomic E-state index is 14.4. The molecule has 3 rings (SSSR count). The highest BCUT2D eigenvalue weighted by molar-refractivity contribution is 5.71. The monoisotopic (exact) mass is 278 g/mol. The summed E-state index contributed by atoms with van der Waals surface area (Å²) in [6.07, 6.45) is 0. The van der Waals surface area contributed by atoms with Gasteiger partial charge in [0.15, 0.2) is 0 Å². The van der Waals surface area contributed by atoms with E-state index in [4.69, 9.17) is 4.74 Å². The molecule has 0 aliphatic carbocycles. The topological polar surface area (TPSA) is 9.23 Å². The molecule has 1 nitrogen and oxygen atoms in total. The van der Waals surface area contributed by atoms with Gasteiger partial charge >= 0.3 is 0 Å². The van der Waals surface area contributed by atoms with Gasteiger partial charge in [-0.25, -0.2) is 4.39 Å². The Morgan fingerprint density at radius 3 is 2.14 bits per heavy atom. The lowest BCUT2D eigenvalue weighted by atomic mass is 9.99. The van der Waals surface area contributed by atoms with Crippen molar-refractivity contribution in [2.24, 2.45) is 0 Å².